The van der Waals surface area contributed by atoms with Gasteiger partial charge in [-0.1, -0.05) is 43.3 Å². The van der Waals surface area contributed by atoms with E-state index in [9.17, 15) is 4.39 Å². The highest BCUT2D eigenvalue weighted by Crippen LogP contribution is 2.21. The molecule has 0 radical (unpaired) electrons. The summed E-state index contributed by atoms with van der Waals surface area (Å²) < 4.78 is 14.6. The van der Waals surface area contributed by atoms with Crippen LogP contribution in [0.4, 0.5) is 4.39 Å². The highest BCUT2D eigenvalue weighted by molar-refractivity contribution is 5.76. The Balaban J connectivity index is 1.36. The lowest BCUT2D eigenvalue weighted by atomic mass is 10.1. The average Bonchev–Trinajstić information content (AvgIpc) is 3.17. The summed E-state index contributed by atoms with van der Waals surface area (Å²) in [5.41, 5.74) is 6.69. The van der Waals surface area contributed by atoms with Crippen LogP contribution in [0.2, 0.25) is 0 Å². The summed E-state index contributed by atoms with van der Waals surface area (Å²) in [4.78, 5) is 14.5. The van der Waals surface area contributed by atoms with Crippen LogP contribution in [0, 0.1) is 13.8 Å². The molecule has 0 spiro atoms. The smallest absolute Gasteiger partial charge is 0.160 e. The van der Waals surface area contributed by atoms with Crippen molar-refractivity contribution in [2.75, 3.05) is 45.9 Å². The molecule has 1 aromatic carbocycles. The molecule has 0 aliphatic carbocycles. The van der Waals surface area contributed by atoms with Crippen molar-refractivity contribution in [3.63, 3.8) is 0 Å². The van der Waals surface area contributed by atoms with Crippen molar-refractivity contribution in [3.8, 4) is 0 Å². The lowest BCUT2D eigenvalue weighted by Crippen LogP contribution is -2.46. The minimum atomic E-state index is -0.212. The second-order valence-electron chi connectivity index (χ2n) is 9.05. The molecule has 1 fully saturated rings. The number of fused-ring (bicyclic) bond motifs is 1. The number of rotatable bonds is 9. The van der Waals surface area contributed by atoms with Crippen molar-refractivity contribution >= 4 is 17.2 Å². The van der Waals surface area contributed by atoms with E-state index in [1.165, 1.54) is 16.7 Å². The number of benzene rings is 1. The zero-order valence-electron chi connectivity index (χ0n) is 20.2. The van der Waals surface area contributed by atoms with Crippen LogP contribution >= 0.6 is 0 Å². The Kier molecular flexibility index (Phi) is 7.89. The van der Waals surface area contributed by atoms with Gasteiger partial charge in [0.1, 0.15) is 11.3 Å². The van der Waals surface area contributed by atoms with Gasteiger partial charge in [-0.05, 0) is 43.0 Å². The van der Waals surface area contributed by atoms with Crippen LogP contribution in [0.5, 0.6) is 0 Å². The van der Waals surface area contributed by atoms with E-state index >= 15 is 0 Å². The van der Waals surface area contributed by atoms with Crippen LogP contribution in [-0.4, -0.2) is 70.3 Å². The molecule has 0 amide bonds. The summed E-state index contributed by atoms with van der Waals surface area (Å²) >= 11 is 0. The molecule has 4 rings (SSSR count). The van der Waals surface area contributed by atoms with Crippen molar-refractivity contribution in [2.45, 2.75) is 40.2 Å². The summed E-state index contributed by atoms with van der Waals surface area (Å²) in [5, 5.41) is 0. The molecule has 1 saturated heterocycles. The summed E-state index contributed by atoms with van der Waals surface area (Å²) in [6.45, 7) is 12.9. The number of hydrogen-bond acceptors (Lipinski definition) is 4. The second kappa shape index (κ2) is 11.0. The van der Waals surface area contributed by atoms with Crippen LogP contribution in [0.25, 0.3) is 17.2 Å². The first kappa shape index (κ1) is 23.6. The Bertz CT molecular complexity index is 1080. The molecular formula is C27H36FN5. The standard InChI is InChI=1S/C27H36FN5/c1-4-25-30-26-21(2)19-22(3)29-27(26)33(25)20-24-10-8-23(9-11-24)7-5-13-31-15-17-32(18-16-31)14-6-12-28/h5,7-11,19H,4,6,12-18,20H2,1-3H3/b7-5+. The van der Waals surface area contributed by atoms with Gasteiger partial charge in [0.25, 0.3) is 0 Å². The van der Waals surface area contributed by atoms with Crippen molar-refractivity contribution in [1.29, 1.82) is 0 Å². The van der Waals surface area contributed by atoms with Crippen molar-refractivity contribution in [3.05, 3.63) is 64.6 Å². The third-order valence-corrected chi connectivity index (χ3v) is 6.48. The molecule has 1 aliphatic heterocycles. The summed E-state index contributed by atoms with van der Waals surface area (Å²) in [6, 6.07) is 10.9. The Hall–Kier alpha value is -2.57. The maximum atomic E-state index is 12.3. The average molecular weight is 450 g/mol. The molecule has 0 bridgehead atoms. The third-order valence-electron chi connectivity index (χ3n) is 6.48. The number of nitrogens with zero attached hydrogens (tertiary/aromatic N) is 5. The topological polar surface area (TPSA) is 37.2 Å². The van der Waals surface area contributed by atoms with Gasteiger partial charge in [-0.15, -0.1) is 0 Å². The van der Waals surface area contributed by atoms with E-state index < -0.39 is 0 Å². The van der Waals surface area contributed by atoms with Gasteiger partial charge >= 0.3 is 0 Å². The van der Waals surface area contributed by atoms with Crippen LogP contribution in [0.3, 0.4) is 0 Å². The summed E-state index contributed by atoms with van der Waals surface area (Å²) in [5.74, 6) is 1.08. The normalized spacial score (nSPS) is 15.8. The zero-order valence-corrected chi connectivity index (χ0v) is 20.2. The number of alkyl halides is 1. The Labute approximate surface area is 196 Å². The maximum absolute atomic E-state index is 12.3. The number of halogens is 1. The van der Waals surface area contributed by atoms with Gasteiger partial charge < -0.3 is 9.47 Å². The van der Waals surface area contributed by atoms with Gasteiger partial charge in [0.05, 0.1) is 13.2 Å². The van der Waals surface area contributed by atoms with Gasteiger partial charge in [-0.2, -0.15) is 0 Å². The van der Waals surface area contributed by atoms with Crippen LogP contribution < -0.4 is 0 Å². The first-order valence-electron chi connectivity index (χ1n) is 12.2. The molecule has 0 N–H and O–H groups in total. The van der Waals surface area contributed by atoms with Gasteiger partial charge in [-0.25, -0.2) is 9.97 Å². The van der Waals surface area contributed by atoms with Gasteiger partial charge in [0.15, 0.2) is 5.65 Å². The number of piperazine rings is 1. The fourth-order valence-corrected chi connectivity index (χ4v) is 4.62. The predicted octanol–water partition coefficient (Wildman–Crippen LogP) is 4.65. The van der Waals surface area contributed by atoms with E-state index in [1.54, 1.807) is 0 Å². The monoisotopic (exact) mass is 449 g/mol. The van der Waals surface area contributed by atoms with Gasteiger partial charge in [0.2, 0.25) is 0 Å². The lowest BCUT2D eigenvalue weighted by molar-refractivity contribution is 0.139. The van der Waals surface area contributed by atoms with Crippen molar-refractivity contribution < 1.29 is 4.39 Å². The molecule has 0 atom stereocenters. The molecule has 33 heavy (non-hydrogen) atoms. The van der Waals surface area contributed by atoms with E-state index in [4.69, 9.17) is 9.97 Å². The quantitative estimate of drug-likeness (QED) is 0.477. The molecular weight excluding hydrogens is 413 g/mol. The van der Waals surface area contributed by atoms with Crippen LogP contribution in [0.1, 0.15) is 41.6 Å². The predicted molar refractivity (Wildman–Crippen MR) is 134 cm³/mol. The zero-order chi connectivity index (χ0) is 23.2. The Morgan fingerprint density at radius 1 is 1.00 bits per heavy atom. The highest BCUT2D eigenvalue weighted by Gasteiger charge is 2.15. The van der Waals surface area contributed by atoms with Gasteiger partial charge in [0, 0.05) is 51.4 Å². The fourth-order valence-electron chi connectivity index (χ4n) is 4.62. The molecule has 6 heteroatoms. The number of hydrogen-bond donors (Lipinski definition) is 0. The number of imidazole rings is 1. The Morgan fingerprint density at radius 3 is 2.42 bits per heavy atom. The highest BCUT2D eigenvalue weighted by atomic mass is 19.1. The van der Waals surface area contributed by atoms with E-state index in [2.05, 4.69) is 70.7 Å². The van der Waals surface area contributed by atoms with Crippen molar-refractivity contribution in [2.24, 2.45) is 0 Å². The number of pyridine rings is 1. The van der Waals surface area contributed by atoms with E-state index in [1.807, 2.05) is 6.92 Å². The molecule has 3 heterocycles. The Morgan fingerprint density at radius 2 is 1.73 bits per heavy atom. The first-order chi connectivity index (χ1) is 16.1. The molecule has 176 valence electrons. The minimum absolute atomic E-state index is 0.212. The van der Waals surface area contributed by atoms with Gasteiger partial charge in [-0.3, -0.25) is 9.29 Å². The molecule has 1 aliphatic rings. The van der Waals surface area contributed by atoms with Crippen LogP contribution in [-0.2, 0) is 13.0 Å². The SMILES string of the molecule is CCc1nc2c(C)cc(C)nc2n1Cc1ccc(/C=C/CN2CCN(CCCF)CC2)cc1. The second-order valence-corrected chi connectivity index (χ2v) is 9.05. The largest absolute Gasteiger partial charge is 0.308 e. The molecule has 0 saturated carbocycles. The molecule has 0 unspecified atom stereocenters. The third kappa shape index (κ3) is 5.87. The lowest BCUT2D eigenvalue weighted by Gasteiger charge is -2.33. The summed E-state index contributed by atoms with van der Waals surface area (Å²) in [7, 11) is 0. The first-order valence-corrected chi connectivity index (χ1v) is 12.2. The van der Waals surface area contributed by atoms with Crippen molar-refractivity contribution in [1.82, 2.24) is 24.3 Å². The maximum Gasteiger partial charge on any atom is 0.160 e. The summed E-state index contributed by atoms with van der Waals surface area (Å²) in [6.07, 6.45) is 6.00. The molecule has 3 aromatic rings. The minimum Gasteiger partial charge on any atom is -0.308 e. The van der Waals surface area contributed by atoms with E-state index in [0.29, 0.717) is 6.42 Å². The number of aryl methyl sites for hydroxylation is 3. The number of aromatic nitrogens is 3. The van der Waals surface area contributed by atoms with E-state index in [0.717, 1.165) is 74.9 Å². The fraction of sp³-hybridized carbons (Fsp3) is 0.481. The van der Waals surface area contributed by atoms with Crippen LogP contribution in [0.15, 0.2) is 36.4 Å². The van der Waals surface area contributed by atoms with E-state index in [-0.39, 0.29) is 6.67 Å². The molecule has 2 aromatic heterocycles. The molecule has 5 nitrogen and oxygen atoms in total.